The molecule has 4 nitrogen and oxygen atoms in total. The van der Waals surface area contributed by atoms with Crippen LogP contribution in [-0.2, 0) is 9.59 Å². The Morgan fingerprint density at radius 1 is 1.30 bits per heavy atom. The molecule has 1 saturated heterocycles. The van der Waals surface area contributed by atoms with E-state index in [4.69, 9.17) is 12.2 Å². The van der Waals surface area contributed by atoms with Crippen molar-refractivity contribution >= 4 is 68.2 Å². The number of anilines is 1. The standard InChI is InChI=1S/C15H8BrFN2O2S2/c16-8-4-11(23-7-8)6-12-13(20)18-15(22)19(14(12)21)10-3-1-2-9(17)5-10/h1-7H,(H,18,20,22)/b12-6+. The van der Waals surface area contributed by atoms with E-state index >= 15 is 0 Å². The molecule has 0 aliphatic carbocycles. The molecule has 1 fully saturated rings. The molecule has 0 unspecified atom stereocenters. The lowest BCUT2D eigenvalue weighted by atomic mass is 10.1. The lowest BCUT2D eigenvalue weighted by Crippen LogP contribution is -2.54. The molecule has 1 aliphatic rings. The summed E-state index contributed by atoms with van der Waals surface area (Å²) in [6.07, 6.45) is 1.49. The van der Waals surface area contributed by atoms with Crippen molar-refractivity contribution in [2.75, 3.05) is 4.90 Å². The fourth-order valence-corrected chi connectivity index (χ4v) is 3.71. The van der Waals surface area contributed by atoms with Gasteiger partial charge in [-0.1, -0.05) is 6.07 Å². The highest BCUT2D eigenvalue weighted by Gasteiger charge is 2.34. The molecule has 1 N–H and O–H groups in total. The SMILES string of the molecule is O=C1NC(=S)N(c2cccc(F)c2)C(=O)/C1=C/c1cc(Br)cs1. The van der Waals surface area contributed by atoms with Crippen molar-refractivity contribution in [2.24, 2.45) is 0 Å². The summed E-state index contributed by atoms with van der Waals surface area (Å²) in [6.45, 7) is 0. The van der Waals surface area contributed by atoms with E-state index in [1.54, 1.807) is 12.1 Å². The van der Waals surface area contributed by atoms with Crippen molar-refractivity contribution in [1.29, 1.82) is 0 Å². The average molecular weight is 411 g/mol. The molecule has 2 aromatic rings. The van der Waals surface area contributed by atoms with Crippen LogP contribution in [0.2, 0.25) is 0 Å². The van der Waals surface area contributed by atoms with Crippen molar-refractivity contribution in [3.05, 3.63) is 56.5 Å². The largest absolute Gasteiger partial charge is 0.298 e. The third-order valence-corrected chi connectivity index (χ3v) is 4.97. The molecule has 2 amide bonds. The Labute approximate surface area is 148 Å². The van der Waals surface area contributed by atoms with E-state index in [2.05, 4.69) is 21.2 Å². The zero-order chi connectivity index (χ0) is 16.6. The van der Waals surface area contributed by atoms with Gasteiger partial charge >= 0.3 is 0 Å². The van der Waals surface area contributed by atoms with Crippen molar-refractivity contribution in [3.8, 4) is 0 Å². The number of nitrogens with one attached hydrogen (secondary N) is 1. The highest BCUT2D eigenvalue weighted by molar-refractivity contribution is 9.10. The lowest BCUT2D eigenvalue weighted by Gasteiger charge is -2.28. The molecular weight excluding hydrogens is 403 g/mol. The number of halogens is 2. The Hall–Kier alpha value is -1.90. The first-order chi connectivity index (χ1) is 11.0. The first kappa shape index (κ1) is 16.0. The molecule has 0 spiro atoms. The second-order valence-corrected chi connectivity index (χ2v) is 6.85. The van der Waals surface area contributed by atoms with E-state index in [1.807, 2.05) is 5.38 Å². The number of thiocarbonyl (C=S) groups is 1. The van der Waals surface area contributed by atoms with Gasteiger partial charge in [0.25, 0.3) is 11.8 Å². The van der Waals surface area contributed by atoms with Crippen LogP contribution in [0.5, 0.6) is 0 Å². The number of carbonyl (C=O) groups is 2. The third kappa shape index (κ3) is 3.24. The molecule has 1 aliphatic heterocycles. The van der Waals surface area contributed by atoms with E-state index in [-0.39, 0.29) is 16.4 Å². The van der Waals surface area contributed by atoms with E-state index in [1.165, 1.54) is 35.6 Å². The van der Waals surface area contributed by atoms with Gasteiger partial charge in [-0.3, -0.25) is 19.8 Å². The summed E-state index contributed by atoms with van der Waals surface area (Å²) in [5.74, 6) is -1.66. The molecular formula is C15H8BrFN2O2S2. The molecule has 23 heavy (non-hydrogen) atoms. The number of hydrogen-bond acceptors (Lipinski definition) is 4. The van der Waals surface area contributed by atoms with Gasteiger partial charge in [0.2, 0.25) is 0 Å². The first-order valence-corrected chi connectivity index (χ1v) is 8.45. The summed E-state index contributed by atoms with van der Waals surface area (Å²) in [4.78, 5) is 26.6. The Kier molecular flexibility index (Phi) is 4.38. The van der Waals surface area contributed by atoms with Crippen LogP contribution in [0.4, 0.5) is 10.1 Å². The van der Waals surface area contributed by atoms with Crippen LogP contribution in [-0.4, -0.2) is 16.9 Å². The van der Waals surface area contributed by atoms with Crippen LogP contribution < -0.4 is 10.2 Å². The molecule has 2 heterocycles. The molecule has 1 aromatic heterocycles. The van der Waals surface area contributed by atoms with Crippen LogP contribution in [0, 0.1) is 5.82 Å². The second kappa shape index (κ2) is 6.31. The van der Waals surface area contributed by atoms with E-state index < -0.39 is 17.6 Å². The fraction of sp³-hybridized carbons (Fsp3) is 0. The second-order valence-electron chi connectivity index (χ2n) is 4.61. The molecule has 0 radical (unpaired) electrons. The van der Waals surface area contributed by atoms with Gasteiger partial charge in [-0.15, -0.1) is 11.3 Å². The molecule has 0 atom stereocenters. The summed E-state index contributed by atoms with van der Waals surface area (Å²) in [5.41, 5.74) is 0.204. The summed E-state index contributed by atoms with van der Waals surface area (Å²) in [6, 6.07) is 7.25. The monoisotopic (exact) mass is 410 g/mol. The van der Waals surface area contributed by atoms with Gasteiger partial charge in [-0.25, -0.2) is 4.39 Å². The predicted molar refractivity (Wildman–Crippen MR) is 94.6 cm³/mol. The van der Waals surface area contributed by atoms with Crippen LogP contribution in [0.3, 0.4) is 0 Å². The molecule has 3 rings (SSSR count). The van der Waals surface area contributed by atoms with Gasteiger partial charge in [-0.2, -0.15) is 0 Å². The maximum Gasteiger partial charge on any atom is 0.270 e. The third-order valence-electron chi connectivity index (χ3n) is 3.04. The van der Waals surface area contributed by atoms with Crippen LogP contribution in [0.1, 0.15) is 4.88 Å². The van der Waals surface area contributed by atoms with Gasteiger partial charge in [0, 0.05) is 14.7 Å². The van der Waals surface area contributed by atoms with Gasteiger partial charge in [0.05, 0.1) is 5.69 Å². The summed E-state index contributed by atoms with van der Waals surface area (Å²) >= 11 is 9.74. The molecule has 116 valence electrons. The number of rotatable bonds is 2. The lowest BCUT2D eigenvalue weighted by molar-refractivity contribution is -0.122. The Morgan fingerprint density at radius 2 is 2.09 bits per heavy atom. The van der Waals surface area contributed by atoms with E-state index in [9.17, 15) is 14.0 Å². The summed E-state index contributed by atoms with van der Waals surface area (Å²) in [7, 11) is 0. The van der Waals surface area contributed by atoms with Crippen molar-refractivity contribution in [1.82, 2.24) is 5.32 Å². The molecule has 1 aromatic carbocycles. The highest BCUT2D eigenvalue weighted by atomic mass is 79.9. The van der Waals surface area contributed by atoms with Gasteiger partial charge < -0.3 is 0 Å². The minimum atomic E-state index is -0.589. The average Bonchev–Trinajstić information content (AvgIpc) is 2.89. The molecule has 8 heteroatoms. The van der Waals surface area contributed by atoms with Gasteiger partial charge in [-0.05, 0) is 58.5 Å². The van der Waals surface area contributed by atoms with Crippen LogP contribution in [0.25, 0.3) is 6.08 Å². The number of nitrogens with zero attached hydrogens (tertiary/aromatic N) is 1. The van der Waals surface area contributed by atoms with Crippen LogP contribution >= 0.6 is 39.5 Å². The Morgan fingerprint density at radius 3 is 2.74 bits per heavy atom. The predicted octanol–water partition coefficient (Wildman–Crippen LogP) is 3.48. The van der Waals surface area contributed by atoms with Crippen LogP contribution in [0.15, 0.2) is 45.8 Å². The van der Waals surface area contributed by atoms with E-state index in [0.29, 0.717) is 0 Å². The number of carbonyl (C=O) groups excluding carboxylic acids is 2. The molecule has 0 saturated carbocycles. The minimum absolute atomic E-state index is 0.0581. The number of amides is 2. The number of hydrogen-bond donors (Lipinski definition) is 1. The topological polar surface area (TPSA) is 49.4 Å². The Balaban J connectivity index is 2.02. The van der Waals surface area contributed by atoms with Crippen molar-refractivity contribution < 1.29 is 14.0 Å². The van der Waals surface area contributed by atoms with Gasteiger partial charge in [0.1, 0.15) is 11.4 Å². The smallest absolute Gasteiger partial charge is 0.270 e. The van der Waals surface area contributed by atoms with Gasteiger partial charge in [0.15, 0.2) is 5.11 Å². The zero-order valence-corrected chi connectivity index (χ0v) is 14.6. The molecule has 0 bridgehead atoms. The van der Waals surface area contributed by atoms with Crippen molar-refractivity contribution in [2.45, 2.75) is 0 Å². The minimum Gasteiger partial charge on any atom is -0.298 e. The summed E-state index contributed by atoms with van der Waals surface area (Å²) in [5, 5.41) is 4.22. The maximum atomic E-state index is 13.4. The number of thiophene rings is 1. The fourth-order valence-electron chi connectivity index (χ4n) is 2.05. The summed E-state index contributed by atoms with van der Waals surface area (Å²) < 4.78 is 14.3. The Bertz CT molecular complexity index is 863. The maximum absolute atomic E-state index is 13.4. The normalized spacial score (nSPS) is 16.9. The quantitative estimate of drug-likeness (QED) is 0.468. The number of benzene rings is 1. The van der Waals surface area contributed by atoms with Crippen molar-refractivity contribution in [3.63, 3.8) is 0 Å². The highest BCUT2D eigenvalue weighted by Crippen LogP contribution is 2.26. The van der Waals surface area contributed by atoms with E-state index in [0.717, 1.165) is 14.2 Å². The first-order valence-electron chi connectivity index (χ1n) is 6.37. The zero-order valence-electron chi connectivity index (χ0n) is 11.4.